The molecule has 9 heteroatoms. The third kappa shape index (κ3) is 7.85. The number of methoxy groups -OCH3 is 1. The number of sulfonamides is 1. The summed E-state index contributed by atoms with van der Waals surface area (Å²) in [5.41, 5.74) is 1.26. The lowest BCUT2D eigenvalue weighted by Crippen LogP contribution is -2.53. The summed E-state index contributed by atoms with van der Waals surface area (Å²) in [6, 6.07) is 23.6. The van der Waals surface area contributed by atoms with Gasteiger partial charge in [-0.1, -0.05) is 80.9 Å². The van der Waals surface area contributed by atoms with E-state index in [-0.39, 0.29) is 23.0 Å². The van der Waals surface area contributed by atoms with Crippen molar-refractivity contribution in [2.75, 3.05) is 31.0 Å². The molecule has 0 bridgehead atoms. The number of carbonyl (C=O) groups excluding carboxylic acids is 2. The fourth-order valence-corrected chi connectivity index (χ4v) is 5.92. The van der Waals surface area contributed by atoms with Crippen LogP contribution in [0.25, 0.3) is 0 Å². The van der Waals surface area contributed by atoms with Crippen molar-refractivity contribution in [3.8, 4) is 5.75 Å². The summed E-state index contributed by atoms with van der Waals surface area (Å²) >= 11 is 0. The first-order valence-electron chi connectivity index (χ1n) is 13.6. The number of carbonyl (C=O) groups is 2. The zero-order valence-corrected chi connectivity index (χ0v) is 24.3. The molecule has 3 aromatic rings. The molecule has 0 aliphatic heterocycles. The molecule has 0 radical (unpaired) electrons. The van der Waals surface area contributed by atoms with Gasteiger partial charge in [0.1, 0.15) is 18.3 Å². The number of anilines is 1. The lowest BCUT2D eigenvalue weighted by Gasteiger charge is -2.33. The molecule has 3 rings (SSSR count). The van der Waals surface area contributed by atoms with Gasteiger partial charge in [-0.05, 0) is 49.1 Å². The SMILES string of the molecule is CCCCNC(=O)[C@@H](CC)N(CCc1ccccc1)C(=O)CN(c1ccccc1OC)S(=O)(=O)c1ccccc1. The molecule has 40 heavy (non-hydrogen) atoms. The van der Waals surface area contributed by atoms with Crippen LogP contribution < -0.4 is 14.4 Å². The van der Waals surface area contributed by atoms with Crippen LogP contribution in [0.4, 0.5) is 5.69 Å². The Morgan fingerprint density at radius 2 is 1.52 bits per heavy atom. The van der Waals surface area contributed by atoms with Crippen molar-refractivity contribution in [3.63, 3.8) is 0 Å². The molecule has 0 saturated carbocycles. The Hall–Kier alpha value is -3.85. The summed E-state index contributed by atoms with van der Waals surface area (Å²) in [5.74, 6) is -0.402. The second kappa shape index (κ2) is 15.1. The maximum absolute atomic E-state index is 14.1. The molecular weight excluding hydrogens is 526 g/mol. The summed E-state index contributed by atoms with van der Waals surface area (Å²) in [6.07, 6.45) is 2.67. The molecule has 0 heterocycles. The van der Waals surface area contributed by atoms with Gasteiger partial charge in [0.2, 0.25) is 11.8 Å². The number of hydrogen-bond acceptors (Lipinski definition) is 5. The van der Waals surface area contributed by atoms with Crippen LogP contribution >= 0.6 is 0 Å². The van der Waals surface area contributed by atoms with Gasteiger partial charge in [0.05, 0.1) is 17.7 Å². The Balaban J connectivity index is 2.00. The predicted octanol–water partition coefficient (Wildman–Crippen LogP) is 4.66. The van der Waals surface area contributed by atoms with Gasteiger partial charge in [-0.2, -0.15) is 0 Å². The highest BCUT2D eigenvalue weighted by molar-refractivity contribution is 7.92. The minimum absolute atomic E-state index is 0.0499. The second-order valence-corrected chi connectivity index (χ2v) is 11.3. The molecule has 2 amide bonds. The normalized spacial score (nSPS) is 11.9. The maximum Gasteiger partial charge on any atom is 0.264 e. The predicted molar refractivity (Wildman–Crippen MR) is 158 cm³/mol. The van der Waals surface area contributed by atoms with Gasteiger partial charge >= 0.3 is 0 Å². The lowest BCUT2D eigenvalue weighted by atomic mass is 10.1. The summed E-state index contributed by atoms with van der Waals surface area (Å²) < 4.78 is 34.4. The number of rotatable bonds is 15. The number of ether oxygens (including phenoxy) is 1. The highest BCUT2D eigenvalue weighted by Crippen LogP contribution is 2.32. The smallest absolute Gasteiger partial charge is 0.264 e. The van der Waals surface area contributed by atoms with Crippen LogP contribution in [-0.2, 0) is 26.0 Å². The Bertz CT molecular complexity index is 1330. The van der Waals surface area contributed by atoms with E-state index in [1.165, 1.54) is 24.1 Å². The Labute approximate surface area is 238 Å². The van der Waals surface area contributed by atoms with E-state index in [9.17, 15) is 18.0 Å². The Morgan fingerprint density at radius 1 is 0.900 bits per heavy atom. The first kappa shape index (κ1) is 30.7. The standard InChI is InChI=1S/C31H39N3O5S/c1-4-6-22-32-31(36)27(5-2)33(23-21-25-15-9-7-10-16-25)30(35)24-34(28-19-13-14-20-29(28)39-3)40(37,38)26-17-11-8-12-18-26/h7-20,27H,4-6,21-24H2,1-3H3,(H,32,36)/t27-/m1/s1. The minimum atomic E-state index is -4.15. The van der Waals surface area contributed by atoms with Crippen LogP contribution in [0, 0.1) is 0 Å². The molecule has 0 unspecified atom stereocenters. The molecule has 0 spiro atoms. The molecule has 214 valence electrons. The van der Waals surface area contributed by atoms with Crippen LogP contribution in [0.2, 0.25) is 0 Å². The van der Waals surface area contributed by atoms with Crippen molar-refractivity contribution in [2.45, 2.75) is 50.5 Å². The van der Waals surface area contributed by atoms with E-state index in [1.807, 2.05) is 44.2 Å². The zero-order valence-electron chi connectivity index (χ0n) is 23.5. The monoisotopic (exact) mass is 565 g/mol. The van der Waals surface area contributed by atoms with E-state index in [0.717, 1.165) is 22.7 Å². The summed E-state index contributed by atoms with van der Waals surface area (Å²) in [5, 5.41) is 2.94. The number of nitrogens with one attached hydrogen (secondary N) is 1. The highest BCUT2D eigenvalue weighted by Gasteiger charge is 2.34. The molecular formula is C31H39N3O5S. The molecule has 0 aliphatic carbocycles. The van der Waals surface area contributed by atoms with Gasteiger partial charge in [-0.3, -0.25) is 13.9 Å². The first-order chi connectivity index (χ1) is 19.3. The van der Waals surface area contributed by atoms with Crippen molar-refractivity contribution in [1.29, 1.82) is 0 Å². The van der Waals surface area contributed by atoms with Crippen LogP contribution in [0.5, 0.6) is 5.75 Å². The molecule has 0 saturated heterocycles. The number of unbranched alkanes of at least 4 members (excludes halogenated alkanes) is 1. The molecule has 3 aromatic carbocycles. The average molecular weight is 566 g/mol. The summed E-state index contributed by atoms with van der Waals surface area (Å²) in [7, 11) is -2.70. The van der Waals surface area contributed by atoms with Crippen molar-refractivity contribution < 1.29 is 22.7 Å². The number of hydrogen-bond donors (Lipinski definition) is 1. The number of benzene rings is 3. The van der Waals surface area contributed by atoms with Gasteiger partial charge < -0.3 is 15.0 Å². The zero-order chi connectivity index (χ0) is 29.0. The molecule has 0 aliphatic rings. The van der Waals surface area contributed by atoms with Gasteiger partial charge in [0, 0.05) is 13.1 Å². The molecule has 8 nitrogen and oxygen atoms in total. The minimum Gasteiger partial charge on any atom is -0.495 e. The van der Waals surface area contributed by atoms with Gasteiger partial charge in [0.25, 0.3) is 10.0 Å². The van der Waals surface area contributed by atoms with Gasteiger partial charge in [-0.25, -0.2) is 8.42 Å². The number of para-hydroxylation sites is 2. The van der Waals surface area contributed by atoms with Crippen LogP contribution in [0.15, 0.2) is 89.8 Å². The first-order valence-corrected chi connectivity index (χ1v) is 15.1. The third-order valence-electron chi connectivity index (χ3n) is 6.66. The van der Waals surface area contributed by atoms with Crippen molar-refractivity contribution in [3.05, 3.63) is 90.5 Å². The van der Waals surface area contributed by atoms with E-state index >= 15 is 0 Å². The topological polar surface area (TPSA) is 96.0 Å². The van der Waals surface area contributed by atoms with E-state index in [2.05, 4.69) is 5.32 Å². The molecule has 1 atom stereocenters. The van der Waals surface area contributed by atoms with E-state index in [4.69, 9.17) is 4.74 Å². The van der Waals surface area contributed by atoms with Gasteiger partial charge in [0.15, 0.2) is 0 Å². The fourth-order valence-electron chi connectivity index (χ4n) is 4.47. The Morgan fingerprint density at radius 3 is 2.15 bits per heavy atom. The number of amides is 2. The number of nitrogens with zero attached hydrogens (tertiary/aromatic N) is 2. The molecule has 1 N–H and O–H groups in total. The summed E-state index contributed by atoms with van der Waals surface area (Å²) in [4.78, 5) is 28.8. The van der Waals surface area contributed by atoms with Gasteiger partial charge in [-0.15, -0.1) is 0 Å². The van der Waals surface area contributed by atoms with E-state index in [0.29, 0.717) is 25.1 Å². The largest absolute Gasteiger partial charge is 0.495 e. The average Bonchev–Trinajstić information content (AvgIpc) is 2.98. The second-order valence-electron chi connectivity index (χ2n) is 9.39. The van der Waals surface area contributed by atoms with Crippen molar-refractivity contribution >= 4 is 27.5 Å². The Kier molecular flexibility index (Phi) is 11.6. The van der Waals surface area contributed by atoms with Crippen LogP contribution in [0.3, 0.4) is 0 Å². The third-order valence-corrected chi connectivity index (χ3v) is 8.44. The maximum atomic E-state index is 14.1. The van der Waals surface area contributed by atoms with Crippen LogP contribution in [0.1, 0.15) is 38.7 Å². The van der Waals surface area contributed by atoms with Crippen molar-refractivity contribution in [2.24, 2.45) is 0 Å². The molecule has 0 aromatic heterocycles. The summed E-state index contributed by atoms with van der Waals surface area (Å²) in [6.45, 7) is 4.17. The van der Waals surface area contributed by atoms with E-state index < -0.39 is 28.5 Å². The lowest BCUT2D eigenvalue weighted by molar-refractivity contribution is -0.139. The fraction of sp³-hybridized carbons (Fsp3) is 0.355. The quantitative estimate of drug-likeness (QED) is 0.271. The van der Waals surface area contributed by atoms with Crippen LogP contribution in [-0.4, -0.2) is 57.9 Å². The van der Waals surface area contributed by atoms with E-state index in [1.54, 1.807) is 42.5 Å². The van der Waals surface area contributed by atoms with Crippen molar-refractivity contribution in [1.82, 2.24) is 10.2 Å². The molecule has 0 fully saturated rings. The highest BCUT2D eigenvalue weighted by atomic mass is 32.2.